The van der Waals surface area contributed by atoms with Crippen LogP contribution in [0.15, 0.2) is 18.2 Å². The largest absolute Gasteiger partial charge is 0.491 e. The van der Waals surface area contributed by atoms with Crippen LogP contribution in [0.1, 0.15) is 18.1 Å². The lowest BCUT2D eigenvalue weighted by Gasteiger charge is -2.11. The Bertz CT molecular complexity index is 309. The molecule has 1 aromatic rings. The molecule has 0 heterocycles. The van der Waals surface area contributed by atoms with Crippen LogP contribution in [-0.2, 0) is 13.2 Å². The van der Waals surface area contributed by atoms with Crippen LogP contribution in [0.3, 0.4) is 0 Å². The summed E-state index contributed by atoms with van der Waals surface area (Å²) < 4.78 is 5.27. The first-order valence-electron chi connectivity index (χ1n) is 4.81. The molecule has 1 rings (SSSR count). The average Bonchev–Trinajstić information content (AvgIpc) is 2.25. The third-order valence-electron chi connectivity index (χ3n) is 2.01. The zero-order valence-electron chi connectivity index (χ0n) is 8.68. The molecule has 1 atom stereocenters. The van der Waals surface area contributed by atoms with Gasteiger partial charge >= 0.3 is 0 Å². The molecule has 0 aliphatic heterocycles. The summed E-state index contributed by atoms with van der Waals surface area (Å²) in [5.74, 6) is 0.581. The van der Waals surface area contributed by atoms with Gasteiger partial charge in [0, 0.05) is 0 Å². The van der Waals surface area contributed by atoms with E-state index in [1.807, 2.05) is 0 Å². The fourth-order valence-corrected chi connectivity index (χ4v) is 1.21. The zero-order chi connectivity index (χ0) is 11.3. The van der Waals surface area contributed by atoms with Crippen molar-refractivity contribution in [2.24, 2.45) is 0 Å². The van der Waals surface area contributed by atoms with Gasteiger partial charge in [-0.3, -0.25) is 0 Å². The van der Waals surface area contributed by atoms with E-state index in [9.17, 15) is 0 Å². The number of ether oxygens (including phenoxy) is 1. The second kappa shape index (κ2) is 5.70. The predicted octanol–water partition coefficient (Wildman–Crippen LogP) is 0.431. The molecule has 0 aliphatic rings. The van der Waals surface area contributed by atoms with Crippen molar-refractivity contribution in [1.82, 2.24) is 0 Å². The summed E-state index contributed by atoms with van der Waals surface area (Å²) in [6, 6.07) is 5.06. The minimum absolute atomic E-state index is 0.105. The van der Waals surface area contributed by atoms with Crippen LogP contribution >= 0.6 is 0 Å². The van der Waals surface area contributed by atoms with E-state index in [1.165, 1.54) is 0 Å². The first-order chi connectivity index (χ1) is 7.17. The Morgan fingerprint density at radius 3 is 2.40 bits per heavy atom. The Balaban J connectivity index is 2.74. The van der Waals surface area contributed by atoms with Crippen molar-refractivity contribution in [2.45, 2.75) is 26.2 Å². The smallest absolute Gasteiger partial charge is 0.119 e. The summed E-state index contributed by atoms with van der Waals surface area (Å²) in [6.07, 6.45) is -0.528. The summed E-state index contributed by atoms with van der Waals surface area (Å²) in [4.78, 5) is 0. The van der Waals surface area contributed by atoms with Crippen LogP contribution in [0.4, 0.5) is 0 Å². The molecule has 84 valence electrons. The van der Waals surface area contributed by atoms with Crippen LogP contribution in [0.2, 0.25) is 0 Å². The van der Waals surface area contributed by atoms with Gasteiger partial charge < -0.3 is 20.1 Å². The first-order valence-corrected chi connectivity index (χ1v) is 4.81. The highest BCUT2D eigenvalue weighted by atomic mass is 16.5. The van der Waals surface area contributed by atoms with Crippen molar-refractivity contribution in [3.8, 4) is 5.75 Å². The average molecular weight is 212 g/mol. The molecule has 1 aromatic carbocycles. The lowest BCUT2D eigenvalue weighted by atomic mass is 10.1. The monoisotopic (exact) mass is 212 g/mol. The molecule has 0 amide bonds. The van der Waals surface area contributed by atoms with Gasteiger partial charge in [-0.15, -0.1) is 0 Å². The Labute approximate surface area is 88.8 Å². The third-order valence-corrected chi connectivity index (χ3v) is 2.01. The summed E-state index contributed by atoms with van der Waals surface area (Å²) in [7, 11) is 0. The van der Waals surface area contributed by atoms with Crippen molar-refractivity contribution < 1.29 is 20.1 Å². The third kappa shape index (κ3) is 3.51. The molecule has 0 fully saturated rings. The topological polar surface area (TPSA) is 69.9 Å². The number of hydrogen-bond acceptors (Lipinski definition) is 4. The molecular formula is C11H16O4. The molecule has 0 saturated heterocycles. The van der Waals surface area contributed by atoms with Crippen molar-refractivity contribution in [2.75, 3.05) is 6.61 Å². The predicted molar refractivity (Wildman–Crippen MR) is 55.5 cm³/mol. The maximum Gasteiger partial charge on any atom is 0.119 e. The maximum absolute atomic E-state index is 9.04. The van der Waals surface area contributed by atoms with Crippen LogP contribution in [0, 0.1) is 0 Å². The van der Waals surface area contributed by atoms with Crippen LogP contribution in [0.5, 0.6) is 5.75 Å². The van der Waals surface area contributed by atoms with Crippen molar-refractivity contribution in [3.05, 3.63) is 29.3 Å². The molecule has 4 nitrogen and oxygen atoms in total. The van der Waals surface area contributed by atoms with Crippen molar-refractivity contribution >= 4 is 0 Å². The van der Waals surface area contributed by atoms with Gasteiger partial charge in [-0.2, -0.15) is 0 Å². The molecule has 3 N–H and O–H groups in total. The van der Waals surface area contributed by atoms with E-state index in [-0.39, 0.29) is 19.8 Å². The Kier molecular flexibility index (Phi) is 4.55. The molecule has 4 heteroatoms. The van der Waals surface area contributed by atoms with Gasteiger partial charge in [0.15, 0.2) is 0 Å². The minimum atomic E-state index is -0.528. The van der Waals surface area contributed by atoms with E-state index >= 15 is 0 Å². The summed E-state index contributed by atoms with van der Waals surface area (Å²) >= 11 is 0. The number of hydrogen-bond donors (Lipinski definition) is 3. The zero-order valence-corrected chi connectivity index (χ0v) is 8.68. The van der Waals surface area contributed by atoms with Crippen LogP contribution < -0.4 is 4.74 Å². The van der Waals surface area contributed by atoms with Gasteiger partial charge in [0.1, 0.15) is 12.4 Å². The second-order valence-corrected chi connectivity index (χ2v) is 3.41. The number of aliphatic hydroxyl groups excluding tert-OH is 3. The van der Waals surface area contributed by atoms with Crippen molar-refractivity contribution in [3.63, 3.8) is 0 Å². The van der Waals surface area contributed by atoms with Crippen molar-refractivity contribution in [1.29, 1.82) is 0 Å². The molecule has 0 radical (unpaired) electrons. The Morgan fingerprint density at radius 1 is 1.20 bits per heavy atom. The molecule has 1 unspecified atom stereocenters. The summed E-state index contributed by atoms with van der Waals surface area (Å²) in [5.41, 5.74) is 1.32. The molecule has 0 aliphatic carbocycles. The fraction of sp³-hybridized carbons (Fsp3) is 0.455. The van der Waals surface area contributed by atoms with E-state index in [2.05, 4.69) is 0 Å². The molecule has 0 bridgehead atoms. The minimum Gasteiger partial charge on any atom is -0.491 e. The van der Waals surface area contributed by atoms with Gasteiger partial charge in [-0.1, -0.05) is 6.07 Å². The second-order valence-electron chi connectivity index (χ2n) is 3.41. The Morgan fingerprint density at radius 2 is 1.87 bits per heavy atom. The quantitative estimate of drug-likeness (QED) is 0.662. The molecule has 0 spiro atoms. The highest BCUT2D eigenvalue weighted by Crippen LogP contribution is 2.18. The number of benzene rings is 1. The van der Waals surface area contributed by atoms with Gasteiger partial charge in [0.05, 0.1) is 19.3 Å². The van der Waals surface area contributed by atoms with E-state index in [1.54, 1.807) is 25.1 Å². The SMILES string of the molecule is CC(O)COc1ccc(CO)c(CO)c1. The lowest BCUT2D eigenvalue weighted by molar-refractivity contribution is 0.122. The van der Waals surface area contributed by atoms with E-state index in [0.29, 0.717) is 16.9 Å². The normalized spacial score (nSPS) is 12.5. The standard InChI is InChI=1S/C11H16O4/c1-8(14)7-15-11-3-2-9(5-12)10(4-11)6-13/h2-4,8,12-14H,5-7H2,1H3. The first kappa shape index (κ1) is 12.0. The van der Waals surface area contributed by atoms with Gasteiger partial charge in [-0.25, -0.2) is 0 Å². The van der Waals surface area contributed by atoms with Gasteiger partial charge in [0.2, 0.25) is 0 Å². The maximum atomic E-state index is 9.04. The van der Waals surface area contributed by atoms with Gasteiger partial charge in [-0.05, 0) is 30.2 Å². The number of rotatable bonds is 5. The summed E-state index contributed by atoms with van der Waals surface area (Å²) in [5, 5.41) is 27.0. The van der Waals surface area contributed by atoms with E-state index in [4.69, 9.17) is 20.1 Å². The summed E-state index contributed by atoms with van der Waals surface area (Å²) in [6.45, 7) is 1.60. The van der Waals surface area contributed by atoms with E-state index < -0.39 is 6.10 Å². The highest BCUT2D eigenvalue weighted by molar-refractivity contribution is 5.34. The molecule has 15 heavy (non-hydrogen) atoms. The van der Waals surface area contributed by atoms with E-state index in [0.717, 1.165) is 0 Å². The molecular weight excluding hydrogens is 196 g/mol. The van der Waals surface area contributed by atoms with Crippen LogP contribution in [0.25, 0.3) is 0 Å². The van der Waals surface area contributed by atoms with Crippen LogP contribution in [-0.4, -0.2) is 28.0 Å². The van der Waals surface area contributed by atoms with Gasteiger partial charge in [0.25, 0.3) is 0 Å². The molecule has 0 aromatic heterocycles. The molecule has 0 saturated carbocycles. The highest BCUT2D eigenvalue weighted by Gasteiger charge is 2.04. The Hall–Kier alpha value is -1.10. The number of aliphatic hydroxyl groups is 3. The lowest BCUT2D eigenvalue weighted by Crippen LogP contribution is -2.13. The fourth-order valence-electron chi connectivity index (χ4n) is 1.21.